The van der Waals surface area contributed by atoms with Gasteiger partial charge in [0.15, 0.2) is 0 Å². The van der Waals surface area contributed by atoms with Crippen LogP contribution in [0.25, 0.3) is 0 Å². The van der Waals surface area contributed by atoms with Crippen molar-refractivity contribution in [1.29, 1.82) is 0 Å². The van der Waals surface area contributed by atoms with E-state index in [-0.39, 0.29) is 18.6 Å². The number of aliphatic hydroxyl groups excluding tert-OH is 1. The van der Waals surface area contributed by atoms with E-state index in [0.29, 0.717) is 5.69 Å². The van der Waals surface area contributed by atoms with Gasteiger partial charge >= 0.3 is 5.97 Å². The molecule has 1 aromatic rings. The van der Waals surface area contributed by atoms with Crippen LogP contribution >= 0.6 is 0 Å². The van der Waals surface area contributed by atoms with E-state index in [1.54, 1.807) is 12.1 Å². The maximum atomic E-state index is 11.7. The molecule has 6 heteroatoms. The summed E-state index contributed by atoms with van der Waals surface area (Å²) in [4.78, 5) is 22.4. The summed E-state index contributed by atoms with van der Waals surface area (Å²) < 4.78 is 0. The molecule has 0 unspecified atom stereocenters. The average Bonchev–Trinajstić information content (AvgIpc) is 2.28. The van der Waals surface area contributed by atoms with Crippen molar-refractivity contribution in [3.63, 3.8) is 0 Å². The molecule has 0 fully saturated rings. The maximum Gasteiger partial charge on any atom is 0.326 e. The molecular weight excluding hydrogens is 224 g/mol. The molecule has 1 rings (SSSR count). The summed E-state index contributed by atoms with van der Waals surface area (Å²) in [6, 6.07) is 5.11. The van der Waals surface area contributed by atoms with E-state index < -0.39 is 17.9 Å². The first-order valence-electron chi connectivity index (χ1n) is 5.04. The largest absolute Gasteiger partial charge is 0.480 e. The van der Waals surface area contributed by atoms with Crippen molar-refractivity contribution in [2.45, 2.75) is 12.5 Å². The molecule has 0 radical (unpaired) electrons. The molecule has 1 amide bonds. The van der Waals surface area contributed by atoms with Crippen molar-refractivity contribution in [1.82, 2.24) is 5.32 Å². The van der Waals surface area contributed by atoms with Gasteiger partial charge in [-0.05, 0) is 18.2 Å². The second-order valence-corrected chi connectivity index (χ2v) is 3.50. The molecule has 5 N–H and O–H groups in total. The summed E-state index contributed by atoms with van der Waals surface area (Å²) in [5.74, 6) is -1.71. The number of aliphatic hydroxyl groups is 1. The second-order valence-electron chi connectivity index (χ2n) is 3.50. The molecular formula is C11H14N2O4. The molecule has 0 aliphatic heterocycles. The van der Waals surface area contributed by atoms with E-state index in [1.165, 1.54) is 12.1 Å². The van der Waals surface area contributed by atoms with Crippen LogP contribution in [0.4, 0.5) is 5.69 Å². The summed E-state index contributed by atoms with van der Waals surface area (Å²) in [6.45, 7) is -0.311. The number of amides is 1. The molecule has 0 bridgehead atoms. The summed E-state index contributed by atoms with van der Waals surface area (Å²) >= 11 is 0. The van der Waals surface area contributed by atoms with Crippen molar-refractivity contribution >= 4 is 17.6 Å². The molecule has 0 saturated heterocycles. The van der Waals surface area contributed by atoms with E-state index in [1.807, 2.05) is 0 Å². The minimum atomic E-state index is -1.18. The predicted molar refractivity (Wildman–Crippen MR) is 61.4 cm³/mol. The van der Waals surface area contributed by atoms with Gasteiger partial charge in [0.2, 0.25) is 0 Å². The maximum absolute atomic E-state index is 11.7. The molecule has 0 aromatic heterocycles. The van der Waals surface area contributed by atoms with Gasteiger partial charge in [-0.15, -0.1) is 0 Å². The number of carboxylic acid groups (broad SMARTS) is 1. The fourth-order valence-corrected chi connectivity index (χ4v) is 1.31. The highest BCUT2D eigenvalue weighted by molar-refractivity contribution is 5.97. The summed E-state index contributed by atoms with van der Waals surface area (Å²) in [6.07, 6.45) is -0.0383. The lowest BCUT2D eigenvalue weighted by molar-refractivity contribution is -0.139. The van der Waals surface area contributed by atoms with Gasteiger partial charge in [-0.3, -0.25) is 4.79 Å². The van der Waals surface area contributed by atoms with Gasteiger partial charge in [0.1, 0.15) is 6.04 Å². The molecule has 17 heavy (non-hydrogen) atoms. The van der Waals surface area contributed by atoms with Crippen LogP contribution in [0.3, 0.4) is 0 Å². The molecule has 0 spiro atoms. The summed E-state index contributed by atoms with van der Waals surface area (Å²) in [5.41, 5.74) is 6.22. The third-order valence-electron chi connectivity index (χ3n) is 2.17. The number of aliphatic carboxylic acids is 1. The Kier molecular flexibility index (Phi) is 4.47. The zero-order chi connectivity index (χ0) is 12.8. The highest BCUT2D eigenvalue weighted by Crippen LogP contribution is 2.07. The zero-order valence-corrected chi connectivity index (χ0v) is 9.09. The van der Waals surface area contributed by atoms with E-state index in [2.05, 4.69) is 5.32 Å². The Morgan fingerprint density at radius 1 is 1.41 bits per heavy atom. The van der Waals surface area contributed by atoms with E-state index >= 15 is 0 Å². The summed E-state index contributed by atoms with van der Waals surface area (Å²) in [7, 11) is 0. The number of hydrogen-bond acceptors (Lipinski definition) is 4. The van der Waals surface area contributed by atoms with Gasteiger partial charge in [0, 0.05) is 24.3 Å². The fourth-order valence-electron chi connectivity index (χ4n) is 1.31. The van der Waals surface area contributed by atoms with Crippen LogP contribution in [-0.2, 0) is 4.79 Å². The first-order valence-corrected chi connectivity index (χ1v) is 5.04. The smallest absolute Gasteiger partial charge is 0.326 e. The van der Waals surface area contributed by atoms with E-state index in [9.17, 15) is 9.59 Å². The van der Waals surface area contributed by atoms with Crippen LogP contribution in [0.15, 0.2) is 24.3 Å². The molecule has 0 aliphatic carbocycles. The third-order valence-corrected chi connectivity index (χ3v) is 2.17. The quantitative estimate of drug-likeness (QED) is 0.532. The van der Waals surface area contributed by atoms with E-state index in [4.69, 9.17) is 15.9 Å². The van der Waals surface area contributed by atoms with Crippen molar-refractivity contribution in [3.8, 4) is 0 Å². The Hall–Kier alpha value is -2.08. The third kappa shape index (κ3) is 3.76. The number of benzene rings is 1. The standard InChI is InChI=1S/C11H14N2O4/c12-8-3-1-2-7(6-8)10(15)13-9(4-5-14)11(16)17/h1-3,6,9,14H,4-5,12H2,(H,13,15)(H,16,17)/t9-/m0/s1. The SMILES string of the molecule is Nc1cccc(C(=O)N[C@@H](CCO)C(=O)O)c1. The average molecular weight is 238 g/mol. The van der Waals surface area contributed by atoms with Crippen LogP contribution in [0.2, 0.25) is 0 Å². The first kappa shape index (κ1) is 13.0. The highest BCUT2D eigenvalue weighted by Gasteiger charge is 2.19. The molecule has 1 atom stereocenters. The second kappa shape index (κ2) is 5.86. The fraction of sp³-hybridized carbons (Fsp3) is 0.273. The highest BCUT2D eigenvalue weighted by atomic mass is 16.4. The molecule has 6 nitrogen and oxygen atoms in total. The predicted octanol–water partition coefficient (Wildman–Crippen LogP) is -0.166. The summed E-state index contributed by atoms with van der Waals surface area (Å²) in [5, 5.41) is 19.8. The minimum absolute atomic E-state index is 0.0383. The zero-order valence-electron chi connectivity index (χ0n) is 9.09. The Morgan fingerprint density at radius 3 is 2.65 bits per heavy atom. The van der Waals surface area contributed by atoms with Crippen LogP contribution in [-0.4, -0.2) is 34.7 Å². The van der Waals surface area contributed by atoms with Crippen molar-refractivity contribution in [2.75, 3.05) is 12.3 Å². The lowest BCUT2D eigenvalue weighted by Crippen LogP contribution is -2.41. The molecule has 1 aromatic carbocycles. The number of anilines is 1. The van der Waals surface area contributed by atoms with Crippen molar-refractivity contribution < 1.29 is 19.8 Å². The van der Waals surface area contributed by atoms with Gasteiger partial charge in [-0.25, -0.2) is 4.79 Å². The normalized spacial score (nSPS) is 11.8. The van der Waals surface area contributed by atoms with E-state index in [0.717, 1.165) is 0 Å². The van der Waals surface area contributed by atoms with Crippen molar-refractivity contribution in [3.05, 3.63) is 29.8 Å². The Morgan fingerprint density at radius 2 is 2.12 bits per heavy atom. The van der Waals surface area contributed by atoms with Gasteiger partial charge in [-0.1, -0.05) is 6.07 Å². The van der Waals surface area contributed by atoms with Crippen LogP contribution in [0, 0.1) is 0 Å². The number of carbonyl (C=O) groups excluding carboxylic acids is 1. The first-order chi connectivity index (χ1) is 8.04. The van der Waals surface area contributed by atoms with Crippen molar-refractivity contribution in [2.24, 2.45) is 0 Å². The monoisotopic (exact) mass is 238 g/mol. The Balaban J connectivity index is 2.73. The van der Waals surface area contributed by atoms with Gasteiger partial charge < -0.3 is 21.3 Å². The minimum Gasteiger partial charge on any atom is -0.480 e. The number of hydrogen-bond donors (Lipinski definition) is 4. The van der Waals surface area contributed by atoms with Crippen LogP contribution in [0.1, 0.15) is 16.8 Å². The number of nitrogens with two attached hydrogens (primary N) is 1. The van der Waals surface area contributed by atoms with Crippen LogP contribution < -0.4 is 11.1 Å². The molecule has 0 heterocycles. The number of carboxylic acids is 1. The molecule has 92 valence electrons. The van der Waals surface area contributed by atoms with Gasteiger partial charge in [0.05, 0.1) is 0 Å². The lowest BCUT2D eigenvalue weighted by atomic mass is 10.1. The number of nitrogens with one attached hydrogen (secondary N) is 1. The molecule has 0 aliphatic rings. The topological polar surface area (TPSA) is 113 Å². The number of nitrogen functional groups attached to an aromatic ring is 1. The van der Waals surface area contributed by atoms with Crippen LogP contribution in [0.5, 0.6) is 0 Å². The number of rotatable bonds is 5. The Labute approximate surface area is 98.1 Å². The molecule has 0 saturated carbocycles. The van der Waals surface area contributed by atoms with Gasteiger partial charge in [-0.2, -0.15) is 0 Å². The Bertz CT molecular complexity index is 420. The number of carbonyl (C=O) groups is 2. The lowest BCUT2D eigenvalue weighted by Gasteiger charge is -2.13. The van der Waals surface area contributed by atoms with Gasteiger partial charge in [0.25, 0.3) is 5.91 Å².